The van der Waals surface area contributed by atoms with E-state index in [9.17, 15) is 30.3 Å². The molecule has 7 heteroatoms. The molecule has 1 rings (SSSR count). The molecule has 0 bridgehead atoms. The molecule has 0 radical (unpaired) electrons. The molecule has 0 aromatic carbocycles. The summed E-state index contributed by atoms with van der Waals surface area (Å²) in [6.45, 7) is 1.50. The summed E-state index contributed by atoms with van der Waals surface area (Å²) in [6, 6.07) is -0.984. The van der Waals surface area contributed by atoms with Gasteiger partial charge in [0.15, 0.2) is 0 Å². The van der Waals surface area contributed by atoms with E-state index >= 15 is 0 Å². The van der Waals surface area contributed by atoms with E-state index in [0.717, 1.165) is 12.8 Å². The molecule has 7 nitrogen and oxygen atoms in total. The molecule has 0 heterocycles. The lowest BCUT2D eigenvalue weighted by molar-refractivity contribution is -0.178. The zero-order valence-electron chi connectivity index (χ0n) is 11.6. The highest BCUT2D eigenvalue weighted by Crippen LogP contribution is 2.26. The number of aliphatic hydroxyl groups is 5. The van der Waals surface area contributed by atoms with Crippen LogP contribution >= 0.6 is 0 Å². The van der Waals surface area contributed by atoms with E-state index in [4.69, 9.17) is 0 Å². The molecular weight excluding hydrogens is 266 g/mol. The Morgan fingerprint density at radius 2 is 1.60 bits per heavy atom. The van der Waals surface area contributed by atoms with Crippen molar-refractivity contribution in [3.8, 4) is 0 Å². The van der Waals surface area contributed by atoms with Gasteiger partial charge in [0, 0.05) is 12.3 Å². The van der Waals surface area contributed by atoms with Crippen molar-refractivity contribution in [2.75, 3.05) is 6.61 Å². The largest absolute Gasteiger partial charge is 0.396 e. The van der Waals surface area contributed by atoms with E-state index < -0.39 is 43.0 Å². The number of nitrogens with one attached hydrogen (secondary N) is 1. The molecule has 0 saturated heterocycles. The summed E-state index contributed by atoms with van der Waals surface area (Å²) in [6.07, 6.45) is -3.06. The molecule has 1 fully saturated rings. The highest BCUT2D eigenvalue weighted by atomic mass is 16.4. The Morgan fingerprint density at radius 1 is 1.00 bits per heavy atom. The Labute approximate surface area is 118 Å². The highest BCUT2D eigenvalue weighted by molar-refractivity contribution is 5.76. The number of rotatable bonds is 6. The zero-order chi connectivity index (χ0) is 15.3. The predicted molar refractivity (Wildman–Crippen MR) is 70.7 cm³/mol. The normalized spacial score (nSPS) is 37.7. The fraction of sp³-hybridized carbons (Fsp3) is 0.923. The average molecular weight is 291 g/mol. The van der Waals surface area contributed by atoms with Crippen LogP contribution < -0.4 is 5.32 Å². The van der Waals surface area contributed by atoms with E-state index in [2.05, 4.69) is 5.32 Å². The molecule has 1 aliphatic carbocycles. The number of carbonyl (C=O) groups excluding carboxylic acids is 1. The molecule has 0 spiro atoms. The molecular formula is C13H25NO6. The second kappa shape index (κ2) is 7.90. The molecule has 1 aliphatic rings. The lowest BCUT2D eigenvalue weighted by atomic mass is 9.77. The fourth-order valence-corrected chi connectivity index (χ4v) is 2.54. The van der Waals surface area contributed by atoms with Crippen LogP contribution in [0.25, 0.3) is 0 Å². The van der Waals surface area contributed by atoms with Crippen molar-refractivity contribution in [1.29, 1.82) is 0 Å². The van der Waals surface area contributed by atoms with Crippen LogP contribution in [0.2, 0.25) is 0 Å². The molecule has 0 aromatic rings. The Morgan fingerprint density at radius 3 is 2.15 bits per heavy atom. The first-order valence-electron chi connectivity index (χ1n) is 7.06. The fourth-order valence-electron chi connectivity index (χ4n) is 2.54. The minimum absolute atomic E-state index is 0.282. The van der Waals surface area contributed by atoms with Crippen molar-refractivity contribution < 1.29 is 30.3 Å². The van der Waals surface area contributed by atoms with Crippen molar-refractivity contribution in [2.24, 2.45) is 5.92 Å². The first kappa shape index (κ1) is 17.3. The number of unbranched alkanes of at least 4 members (excludes halogenated alkanes) is 2. The molecule has 6 atom stereocenters. The maximum atomic E-state index is 11.8. The van der Waals surface area contributed by atoms with E-state index in [-0.39, 0.29) is 12.3 Å². The SMILES string of the molecule is CCCCCC(=O)N[C@@H]1[C@@H](O)[C@H](O)[C@@H](O)[C@@H](O)[C@H]1CO. The number of aliphatic hydroxyl groups excluding tert-OH is 5. The van der Waals surface area contributed by atoms with Gasteiger partial charge in [-0.25, -0.2) is 0 Å². The summed E-state index contributed by atoms with van der Waals surface area (Å²) in [5, 5.41) is 50.7. The third-order valence-electron chi connectivity index (χ3n) is 3.86. The topological polar surface area (TPSA) is 130 Å². The standard InChI is InChI=1S/C13H25NO6/c1-2-3-4-5-8(16)14-9-7(6-15)10(17)12(19)13(20)11(9)18/h7,9-13,15,17-20H,2-6H2,1H3,(H,14,16)/t7-,9-,10-,11+,12-,13-/m0/s1. The summed E-state index contributed by atoms with van der Waals surface area (Å²) in [5.41, 5.74) is 0. The summed E-state index contributed by atoms with van der Waals surface area (Å²) in [7, 11) is 0. The summed E-state index contributed by atoms with van der Waals surface area (Å²) in [5.74, 6) is -1.23. The predicted octanol–water partition coefficient (Wildman–Crippen LogP) is -1.88. The van der Waals surface area contributed by atoms with Gasteiger partial charge in [-0.1, -0.05) is 19.8 Å². The Balaban J connectivity index is 2.66. The number of hydrogen-bond donors (Lipinski definition) is 6. The first-order valence-corrected chi connectivity index (χ1v) is 7.06. The van der Waals surface area contributed by atoms with E-state index in [1.807, 2.05) is 6.92 Å². The molecule has 0 aliphatic heterocycles. The summed E-state index contributed by atoms with van der Waals surface area (Å²) >= 11 is 0. The van der Waals surface area contributed by atoms with Gasteiger partial charge < -0.3 is 30.8 Å². The van der Waals surface area contributed by atoms with Crippen molar-refractivity contribution in [3.05, 3.63) is 0 Å². The second-order valence-corrected chi connectivity index (χ2v) is 5.36. The van der Waals surface area contributed by atoms with Crippen LogP contribution in [-0.4, -0.2) is 68.5 Å². The molecule has 6 N–H and O–H groups in total. The van der Waals surface area contributed by atoms with Crippen LogP contribution in [0.5, 0.6) is 0 Å². The van der Waals surface area contributed by atoms with Crippen LogP contribution in [0.4, 0.5) is 0 Å². The van der Waals surface area contributed by atoms with Crippen LogP contribution in [0.15, 0.2) is 0 Å². The zero-order valence-corrected chi connectivity index (χ0v) is 11.6. The van der Waals surface area contributed by atoms with E-state index in [1.54, 1.807) is 0 Å². The maximum absolute atomic E-state index is 11.8. The Hall–Kier alpha value is -0.730. The second-order valence-electron chi connectivity index (χ2n) is 5.36. The van der Waals surface area contributed by atoms with Crippen molar-refractivity contribution in [3.63, 3.8) is 0 Å². The van der Waals surface area contributed by atoms with Crippen LogP contribution in [0.3, 0.4) is 0 Å². The van der Waals surface area contributed by atoms with E-state index in [0.29, 0.717) is 6.42 Å². The van der Waals surface area contributed by atoms with Crippen molar-refractivity contribution in [1.82, 2.24) is 5.32 Å². The van der Waals surface area contributed by atoms with Crippen LogP contribution in [-0.2, 0) is 4.79 Å². The molecule has 118 valence electrons. The Bertz CT molecular complexity index is 313. The van der Waals surface area contributed by atoms with Gasteiger partial charge in [-0.3, -0.25) is 4.79 Å². The molecule has 1 saturated carbocycles. The molecule has 0 aromatic heterocycles. The number of hydrogen-bond acceptors (Lipinski definition) is 6. The lowest BCUT2D eigenvalue weighted by Gasteiger charge is -2.43. The number of amides is 1. The van der Waals surface area contributed by atoms with Crippen molar-refractivity contribution >= 4 is 5.91 Å². The van der Waals surface area contributed by atoms with Gasteiger partial charge in [0.1, 0.15) is 18.3 Å². The van der Waals surface area contributed by atoms with Gasteiger partial charge in [0.2, 0.25) is 5.91 Å². The molecule has 20 heavy (non-hydrogen) atoms. The summed E-state index contributed by atoms with van der Waals surface area (Å²) in [4.78, 5) is 11.8. The van der Waals surface area contributed by atoms with Gasteiger partial charge in [0.25, 0.3) is 0 Å². The number of carbonyl (C=O) groups is 1. The summed E-state index contributed by atoms with van der Waals surface area (Å²) < 4.78 is 0. The Kier molecular flexibility index (Phi) is 6.84. The molecule has 0 unspecified atom stereocenters. The highest BCUT2D eigenvalue weighted by Gasteiger charge is 2.48. The van der Waals surface area contributed by atoms with Gasteiger partial charge in [0.05, 0.1) is 18.8 Å². The van der Waals surface area contributed by atoms with Gasteiger partial charge in [-0.2, -0.15) is 0 Å². The first-order chi connectivity index (χ1) is 9.43. The van der Waals surface area contributed by atoms with Crippen LogP contribution in [0, 0.1) is 5.92 Å². The molecule has 1 amide bonds. The maximum Gasteiger partial charge on any atom is 0.220 e. The van der Waals surface area contributed by atoms with Gasteiger partial charge in [-0.15, -0.1) is 0 Å². The monoisotopic (exact) mass is 291 g/mol. The third-order valence-corrected chi connectivity index (χ3v) is 3.86. The van der Waals surface area contributed by atoms with Crippen molar-refractivity contribution in [2.45, 2.75) is 63.1 Å². The van der Waals surface area contributed by atoms with Gasteiger partial charge >= 0.3 is 0 Å². The lowest BCUT2D eigenvalue weighted by Crippen LogP contribution is -2.66. The van der Waals surface area contributed by atoms with Crippen LogP contribution in [0.1, 0.15) is 32.6 Å². The van der Waals surface area contributed by atoms with Gasteiger partial charge in [-0.05, 0) is 6.42 Å². The smallest absolute Gasteiger partial charge is 0.220 e. The minimum Gasteiger partial charge on any atom is -0.396 e. The van der Waals surface area contributed by atoms with E-state index in [1.165, 1.54) is 0 Å². The average Bonchev–Trinajstić information content (AvgIpc) is 2.43. The third kappa shape index (κ3) is 3.89. The minimum atomic E-state index is -1.56. The quantitative estimate of drug-likeness (QED) is 0.318.